The molecule has 0 amide bonds. The molecule has 0 bridgehead atoms. The lowest BCUT2D eigenvalue weighted by Gasteiger charge is -2.31. The minimum atomic E-state index is -0.399. The van der Waals surface area contributed by atoms with Crippen molar-refractivity contribution in [1.82, 2.24) is 5.32 Å². The van der Waals surface area contributed by atoms with E-state index in [4.69, 9.17) is 16.3 Å². The van der Waals surface area contributed by atoms with Gasteiger partial charge in [0, 0.05) is 0 Å². The van der Waals surface area contributed by atoms with Crippen LogP contribution in [0, 0.1) is 18.7 Å². The average molecular weight is 320 g/mol. The minimum Gasteiger partial charge on any atom is -0.486 e. The van der Waals surface area contributed by atoms with Crippen LogP contribution in [0.5, 0.6) is 5.75 Å². The monoisotopic (exact) mass is 319 g/mol. The van der Waals surface area contributed by atoms with Gasteiger partial charge in [-0.2, -0.15) is 0 Å². The molecule has 2 aromatic carbocycles. The summed E-state index contributed by atoms with van der Waals surface area (Å²) in [6.45, 7) is 4.01. The van der Waals surface area contributed by atoms with E-state index < -0.39 is 5.82 Å². The van der Waals surface area contributed by atoms with Crippen molar-refractivity contribution in [2.24, 2.45) is 5.92 Å². The molecule has 0 saturated carbocycles. The maximum absolute atomic E-state index is 13.8. The Labute approximate surface area is 135 Å². The highest BCUT2D eigenvalue weighted by Gasteiger charge is 2.24. The molecule has 1 saturated heterocycles. The van der Waals surface area contributed by atoms with E-state index in [0.717, 1.165) is 36.4 Å². The van der Waals surface area contributed by atoms with Crippen LogP contribution in [0.2, 0.25) is 5.02 Å². The van der Waals surface area contributed by atoms with Gasteiger partial charge in [-0.1, -0.05) is 29.8 Å². The summed E-state index contributed by atoms with van der Waals surface area (Å²) in [5, 5.41) is 3.40. The standard InChI is InChI=1S/C18H19ClFNO/c1-12-3-2-4-15(7-12)22-18(8-13-10-21-11-13)14-5-6-16(19)17(20)9-14/h2-7,9,13,18,21H,8,10-11H2,1H3. The molecule has 1 aliphatic rings. The molecule has 2 nitrogen and oxygen atoms in total. The Morgan fingerprint density at radius 2 is 2.09 bits per heavy atom. The summed E-state index contributed by atoms with van der Waals surface area (Å²) in [5.41, 5.74) is 1.97. The number of hydrogen-bond acceptors (Lipinski definition) is 2. The number of rotatable bonds is 5. The zero-order valence-corrected chi connectivity index (χ0v) is 13.2. The van der Waals surface area contributed by atoms with Crippen LogP contribution in [0.15, 0.2) is 42.5 Å². The molecule has 22 heavy (non-hydrogen) atoms. The summed E-state index contributed by atoms with van der Waals surface area (Å²) in [7, 11) is 0. The molecule has 1 N–H and O–H groups in total. The van der Waals surface area contributed by atoms with Crippen LogP contribution in [0.3, 0.4) is 0 Å². The summed E-state index contributed by atoms with van der Waals surface area (Å²) in [4.78, 5) is 0. The number of aryl methyl sites for hydroxylation is 1. The van der Waals surface area contributed by atoms with Gasteiger partial charge in [0.05, 0.1) is 5.02 Å². The molecule has 116 valence electrons. The third-order valence-electron chi connectivity index (χ3n) is 4.00. The number of hydrogen-bond donors (Lipinski definition) is 1. The maximum atomic E-state index is 13.8. The molecule has 1 aliphatic heterocycles. The lowest BCUT2D eigenvalue weighted by Crippen LogP contribution is -2.43. The molecule has 1 unspecified atom stereocenters. The fourth-order valence-electron chi connectivity index (χ4n) is 2.64. The molecule has 0 radical (unpaired) electrons. The van der Waals surface area contributed by atoms with Crippen LogP contribution in [0.4, 0.5) is 4.39 Å². The molecule has 1 atom stereocenters. The smallest absolute Gasteiger partial charge is 0.142 e. The van der Waals surface area contributed by atoms with Gasteiger partial charge in [-0.3, -0.25) is 0 Å². The van der Waals surface area contributed by atoms with Crippen molar-refractivity contribution in [2.45, 2.75) is 19.4 Å². The first-order valence-corrected chi connectivity index (χ1v) is 7.88. The zero-order chi connectivity index (χ0) is 15.5. The molecule has 0 aliphatic carbocycles. The SMILES string of the molecule is Cc1cccc(OC(CC2CNC2)c2ccc(Cl)c(F)c2)c1. The normalized spacial score (nSPS) is 16.1. The van der Waals surface area contributed by atoms with E-state index in [0.29, 0.717) is 5.92 Å². The topological polar surface area (TPSA) is 21.3 Å². The Bertz CT molecular complexity index is 657. The fraction of sp³-hybridized carbons (Fsp3) is 0.333. The largest absolute Gasteiger partial charge is 0.486 e. The van der Waals surface area contributed by atoms with Crippen molar-refractivity contribution >= 4 is 11.6 Å². The van der Waals surface area contributed by atoms with E-state index in [1.54, 1.807) is 6.07 Å². The van der Waals surface area contributed by atoms with Crippen molar-refractivity contribution in [3.63, 3.8) is 0 Å². The zero-order valence-electron chi connectivity index (χ0n) is 12.5. The van der Waals surface area contributed by atoms with Gasteiger partial charge in [-0.05, 0) is 67.7 Å². The van der Waals surface area contributed by atoms with Crippen LogP contribution in [-0.2, 0) is 0 Å². The van der Waals surface area contributed by atoms with Crippen molar-refractivity contribution in [2.75, 3.05) is 13.1 Å². The first-order valence-electron chi connectivity index (χ1n) is 7.51. The van der Waals surface area contributed by atoms with Crippen LogP contribution in [-0.4, -0.2) is 13.1 Å². The van der Waals surface area contributed by atoms with Gasteiger partial charge < -0.3 is 10.1 Å². The molecule has 3 rings (SSSR count). The molecule has 4 heteroatoms. The van der Waals surface area contributed by atoms with Crippen LogP contribution < -0.4 is 10.1 Å². The summed E-state index contributed by atoms with van der Waals surface area (Å²) in [6, 6.07) is 12.9. The lowest BCUT2D eigenvalue weighted by atomic mass is 9.92. The second kappa shape index (κ2) is 6.67. The quantitative estimate of drug-likeness (QED) is 0.875. The highest BCUT2D eigenvalue weighted by molar-refractivity contribution is 6.30. The van der Waals surface area contributed by atoms with E-state index in [9.17, 15) is 4.39 Å². The molecule has 0 aromatic heterocycles. The van der Waals surface area contributed by atoms with Gasteiger partial charge in [0.1, 0.15) is 17.7 Å². The van der Waals surface area contributed by atoms with Gasteiger partial charge in [0.15, 0.2) is 0 Å². The first kappa shape index (κ1) is 15.3. The average Bonchev–Trinajstić information content (AvgIpc) is 2.44. The number of ether oxygens (including phenoxy) is 1. The summed E-state index contributed by atoms with van der Waals surface area (Å²) >= 11 is 5.78. The highest BCUT2D eigenvalue weighted by atomic mass is 35.5. The van der Waals surface area contributed by atoms with Crippen molar-refractivity contribution in [1.29, 1.82) is 0 Å². The first-order chi connectivity index (χ1) is 10.6. The van der Waals surface area contributed by atoms with E-state index in [1.165, 1.54) is 6.07 Å². The lowest BCUT2D eigenvalue weighted by molar-refractivity contribution is 0.149. The predicted molar refractivity (Wildman–Crippen MR) is 86.9 cm³/mol. The van der Waals surface area contributed by atoms with Crippen LogP contribution in [0.1, 0.15) is 23.7 Å². The molecular weight excluding hydrogens is 301 g/mol. The van der Waals surface area contributed by atoms with Gasteiger partial charge in [0.2, 0.25) is 0 Å². The molecule has 0 spiro atoms. The summed E-state index contributed by atoms with van der Waals surface area (Å²) in [6.07, 6.45) is 0.697. The molecule has 1 heterocycles. The Morgan fingerprint density at radius 3 is 2.73 bits per heavy atom. The number of halogens is 2. The Hall–Kier alpha value is -1.58. The van der Waals surface area contributed by atoms with Gasteiger partial charge in [-0.15, -0.1) is 0 Å². The van der Waals surface area contributed by atoms with Crippen LogP contribution in [0.25, 0.3) is 0 Å². The summed E-state index contributed by atoms with van der Waals surface area (Å²) in [5.74, 6) is 0.977. The second-order valence-corrected chi connectivity index (χ2v) is 6.26. The summed E-state index contributed by atoms with van der Waals surface area (Å²) < 4.78 is 19.9. The van der Waals surface area contributed by atoms with Crippen molar-refractivity contribution < 1.29 is 9.13 Å². The number of nitrogens with one attached hydrogen (secondary N) is 1. The van der Waals surface area contributed by atoms with E-state index in [-0.39, 0.29) is 11.1 Å². The highest BCUT2D eigenvalue weighted by Crippen LogP contribution is 2.31. The third-order valence-corrected chi connectivity index (χ3v) is 4.30. The molecular formula is C18H19ClFNO. The Morgan fingerprint density at radius 1 is 1.27 bits per heavy atom. The van der Waals surface area contributed by atoms with E-state index in [1.807, 2.05) is 37.3 Å². The molecule has 1 fully saturated rings. The van der Waals surface area contributed by atoms with Crippen LogP contribution >= 0.6 is 11.6 Å². The van der Waals surface area contributed by atoms with Gasteiger partial charge >= 0.3 is 0 Å². The van der Waals surface area contributed by atoms with Gasteiger partial charge in [0.25, 0.3) is 0 Å². The molecule has 2 aromatic rings. The second-order valence-electron chi connectivity index (χ2n) is 5.86. The fourth-order valence-corrected chi connectivity index (χ4v) is 2.75. The predicted octanol–water partition coefficient (Wildman–Crippen LogP) is 4.52. The van der Waals surface area contributed by atoms with E-state index in [2.05, 4.69) is 5.32 Å². The van der Waals surface area contributed by atoms with Crippen molar-refractivity contribution in [3.05, 3.63) is 64.4 Å². The van der Waals surface area contributed by atoms with E-state index >= 15 is 0 Å². The van der Waals surface area contributed by atoms with Gasteiger partial charge in [-0.25, -0.2) is 4.39 Å². The maximum Gasteiger partial charge on any atom is 0.142 e. The minimum absolute atomic E-state index is 0.142. The van der Waals surface area contributed by atoms with Crippen molar-refractivity contribution in [3.8, 4) is 5.75 Å². The Kier molecular flexibility index (Phi) is 4.65. The third kappa shape index (κ3) is 3.60. The number of benzene rings is 2. The Balaban J connectivity index is 1.83.